The third-order valence-corrected chi connectivity index (χ3v) is 5.07. The van der Waals surface area contributed by atoms with E-state index >= 15 is 0 Å². The van der Waals surface area contributed by atoms with Gasteiger partial charge in [0.15, 0.2) is 0 Å². The summed E-state index contributed by atoms with van der Waals surface area (Å²) in [6.07, 6.45) is 1.07. The molecule has 0 saturated carbocycles. The van der Waals surface area contributed by atoms with Gasteiger partial charge < -0.3 is 10.6 Å². The van der Waals surface area contributed by atoms with Gasteiger partial charge in [0, 0.05) is 30.5 Å². The van der Waals surface area contributed by atoms with E-state index in [0.29, 0.717) is 17.3 Å². The third-order valence-electron chi connectivity index (χ3n) is 3.67. The maximum absolute atomic E-state index is 12.5. The minimum atomic E-state index is -3.68. The van der Waals surface area contributed by atoms with Crippen LogP contribution in [0.15, 0.2) is 53.4 Å². The standard InChI is InChI=1S/C19H25N3O3S/c1-14(2)12-13-20-16-4-6-18(7-5-16)22-26(24,25)19-10-8-17(9-11-19)21-15(3)23/h4-11,14,20,22H,12-13H2,1-3H3,(H,21,23). The first-order valence-corrected chi connectivity index (χ1v) is 9.99. The number of hydrogen-bond acceptors (Lipinski definition) is 4. The fourth-order valence-electron chi connectivity index (χ4n) is 2.30. The summed E-state index contributed by atoms with van der Waals surface area (Å²) in [5, 5.41) is 5.91. The second-order valence-corrected chi connectivity index (χ2v) is 8.18. The lowest BCUT2D eigenvalue weighted by Crippen LogP contribution is -2.13. The predicted octanol–water partition coefficient (Wildman–Crippen LogP) is 3.90. The Hall–Kier alpha value is -2.54. The molecule has 0 saturated heterocycles. The van der Waals surface area contributed by atoms with Gasteiger partial charge in [-0.15, -0.1) is 0 Å². The zero-order chi connectivity index (χ0) is 19.2. The van der Waals surface area contributed by atoms with E-state index in [1.807, 2.05) is 12.1 Å². The van der Waals surface area contributed by atoms with Crippen LogP contribution in [0.5, 0.6) is 0 Å². The summed E-state index contributed by atoms with van der Waals surface area (Å²) in [5.74, 6) is 0.423. The van der Waals surface area contributed by atoms with Gasteiger partial charge in [-0.25, -0.2) is 8.42 Å². The lowest BCUT2D eigenvalue weighted by atomic mass is 10.1. The van der Waals surface area contributed by atoms with Crippen LogP contribution in [0.25, 0.3) is 0 Å². The van der Waals surface area contributed by atoms with Crippen LogP contribution in [-0.4, -0.2) is 20.9 Å². The highest BCUT2D eigenvalue weighted by Gasteiger charge is 2.14. The van der Waals surface area contributed by atoms with Gasteiger partial charge in [-0.1, -0.05) is 13.8 Å². The second-order valence-electron chi connectivity index (χ2n) is 6.50. The van der Waals surface area contributed by atoms with Gasteiger partial charge in [0.25, 0.3) is 10.0 Å². The summed E-state index contributed by atoms with van der Waals surface area (Å²) in [4.78, 5) is 11.1. The smallest absolute Gasteiger partial charge is 0.261 e. The van der Waals surface area contributed by atoms with Crippen molar-refractivity contribution in [3.63, 3.8) is 0 Å². The molecule has 1 amide bonds. The fraction of sp³-hybridized carbons (Fsp3) is 0.316. The Morgan fingerprint density at radius 3 is 2.00 bits per heavy atom. The minimum absolute atomic E-state index is 0.130. The monoisotopic (exact) mass is 375 g/mol. The maximum atomic E-state index is 12.5. The van der Waals surface area contributed by atoms with Crippen LogP contribution < -0.4 is 15.4 Å². The van der Waals surface area contributed by atoms with Crippen molar-refractivity contribution >= 4 is 33.0 Å². The van der Waals surface area contributed by atoms with Gasteiger partial charge in [0.2, 0.25) is 5.91 Å². The van der Waals surface area contributed by atoms with E-state index in [9.17, 15) is 13.2 Å². The van der Waals surface area contributed by atoms with Crippen LogP contribution in [0.2, 0.25) is 0 Å². The van der Waals surface area contributed by atoms with E-state index in [1.165, 1.54) is 19.1 Å². The van der Waals surface area contributed by atoms with E-state index in [0.717, 1.165) is 18.7 Å². The van der Waals surface area contributed by atoms with Crippen LogP contribution in [0.3, 0.4) is 0 Å². The zero-order valence-electron chi connectivity index (χ0n) is 15.2. The van der Waals surface area contributed by atoms with Crippen molar-refractivity contribution in [1.29, 1.82) is 0 Å². The van der Waals surface area contributed by atoms with Gasteiger partial charge in [0.05, 0.1) is 4.90 Å². The van der Waals surface area contributed by atoms with Crippen molar-refractivity contribution in [1.82, 2.24) is 0 Å². The van der Waals surface area contributed by atoms with E-state index in [2.05, 4.69) is 29.2 Å². The molecule has 6 nitrogen and oxygen atoms in total. The molecule has 0 bridgehead atoms. The van der Waals surface area contributed by atoms with Crippen LogP contribution >= 0.6 is 0 Å². The SMILES string of the molecule is CC(=O)Nc1ccc(S(=O)(=O)Nc2ccc(NCCC(C)C)cc2)cc1. The predicted molar refractivity (Wildman–Crippen MR) is 106 cm³/mol. The Bertz CT molecular complexity index is 829. The first kappa shape index (κ1) is 19.8. The summed E-state index contributed by atoms with van der Waals surface area (Å²) in [6.45, 7) is 6.61. The minimum Gasteiger partial charge on any atom is -0.385 e. The van der Waals surface area contributed by atoms with E-state index in [-0.39, 0.29) is 10.8 Å². The molecule has 0 fully saturated rings. The first-order chi connectivity index (χ1) is 12.3. The Morgan fingerprint density at radius 1 is 0.923 bits per heavy atom. The van der Waals surface area contributed by atoms with E-state index in [4.69, 9.17) is 0 Å². The zero-order valence-corrected chi connectivity index (χ0v) is 16.1. The Kier molecular flexibility index (Phi) is 6.63. The number of amides is 1. The highest BCUT2D eigenvalue weighted by Crippen LogP contribution is 2.20. The lowest BCUT2D eigenvalue weighted by molar-refractivity contribution is -0.114. The van der Waals surface area contributed by atoms with Gasteiger partial charge in [-0.2, -0.15) is 0 Å². The number of nitrogens with one attached hydrogen (secondary N) is 3. The van der Waals surface area contributed by atoms with Crippen molar-refractivity contribution in [2.45, 2.75) is 32.1 Å². The van der Waals surface area contributed by atoms with Crippen molar-refractivity contribution in [2.75, 3.05) is 21.9 Å². The highest BCUT2D eigenvalue weighted by atomic mass is 32.2. The number of carbonyl (C=O) groups excluding carboxylic acids is 1. The molecule has 0 aliphatic rings. The normalized spacial score (nSPS) is 11.2. The Labute approximate surface area is 155 Å². The summed E-state index contributed by atoms with van der Waals surface area (Å²) >= 11 is 0. The van der Waals surface area contributed by atoms with Crippen molar-refractivity contribution in [3.05, 3.63) is 48.5 Å². The number of benzene rings is 2. The number of rotatable bonds is 8. The quantitative estimate of drug-likeness (QED) is 0.653. The molecule has 0 aromatic heterocycles. The first-order valence-electron chi connectivity index (χ1n) is 8.50. The summed E-state index contributed by atoms with van der Waals surface area (Å²) < 4.78 is 27.5. The third kappa shape index (κ3) is 6.07. The van der Waals surface area contributed by atoms with Gasteiger partial charge >= 0.3 is 0 Å². The van der Waals surface area contributed by atoms with E-state index in [1.54, 1.807) is 24.3 Å². The average Bonchev–Trinajstić information content (AvgIpc) is 2.56. The molecule has 0 spiro atoms. The van der Waals surface area contributed by atoms with E-state index < -0.39 is 10.0 Å². The van der Waals surface area contributed by atoms with Gasteiger partial charge in [-0.3, -0.25) is 9.52 Å². The highest BCUT2D eigenvalue weighted by molar-refractivity contribution is 7.92. The second kappa shape index (κ2) is 8.71. The van der Waals surface area contributed by atoms with Crippen LogP contribution in [0.4, 0.5) is 17.1 Å². The van der Waals surface area contributed by atoms with Crippen LogP contribution in [-0.2, 0) is 14.8 Å². The molecule has 2 aromatic rings. The number of anilines is 3. The molecular weight excluding hydrogens is 350 g/mol. The summed E-state index contributed by atoms with van der Waals surface area (Å²) in [6, 6.07) is 13.2. The Morgan fingerprint density at radius 2 is 1.46 bits per heavy atom. The van der Waals surface area contributed by atoms with Crippen molar-refractivity contribution < 1.29 is 13.2 Å². The fourth-order valence-corrected chi connectivity index (χ4v) is 3.35. The largest absolute Gasteiger partial charge is 0.385 e. The maximum Gasteiger partial charge on any atom is 0.261 e. The number of hydrogen-bond donors (Lipinski definition) is 3. The molecule has 0 atom stereocenters. The molecule has 7 heteroatoms. The summed E-state index contributed by atoms with van der Waals surface area (Å²) in [7, 11) is -3.68. The molecule has 0 radical (unpaired) electrons. The number of sulfonamides is 1. The lowest BCUT2D eigenvalue weighted by Gasteiger charge is -2.11. The Balaban J connectivity index is 2.01. The molecule has 0 heterocycles. The molecule has 2 rings (SSSR count). The molecule has 0 aliphatic carbocycles. The van der Waals surface area contributed by atoms with Gasteiger partial charge in [-0.05, 0) is 60.9 Å². The average molecular weight is 375 g/mol. The molecular formula is C19H25N3O3S. The molecule has 140 valence electrons. The van der Waals surface area contributed by atoms with Crippen LogP contribution in [0, 0.1) is 5.92 Å². The van der Waals surface area contributed by atoms with Gasteiger partial charge in [0.1, 0.15) is 0 Å². The van der Waals surface area contributed by atoms with Crippen LogP contribution in [0.1, 0.15) is 27.2 Å². The van der Waals surface area contributed by atoms with Crippen molar-refractivity contribution in [3.8, 4) is 0 Å². The molecule has 26 heavy (non-hydrogen) atoms. The van der Waals surface area contributed by atoms with Crippen molar-refractivity contribution in [2.24, 2.45) is 5.92 Å². The molecule has 0 aliphatic heterocycles. The molecule has 2 aromatic carbocycles. The molecule has 3 N–H and O–H groups in total. The molecule has 0 unspecified atom stereocenters. The topological polar surface area (TPSA) is 87.3 Å². The number of carbonyl (C=O) groups is 1. The summed E-state index contributed by atoms with van der Waals surface area (Å²) in [5.41, 5.74) is 1.99.